The first-order valence-electron chi connectivity index (χ1n) is 6.89. The molecule has 0 bridgehead atoms. The Morgan fingerprint density at radius 3 is 2.73 bits per heavy atom. The molecular weight excluding hydrogens is 328 g/mol. The van der Waals surface area contributed by atoms with E-state index in [0.29, 0.717) is 6.54 Å². The normalized spacial score (nSPS) is 29.0. The van der Waals surface area contributed by atoms with Crippen LogP contribution < -0.4 is 0 Å². The first-order chi connectivity index (χ1) is 10.3. The molecule has 2 aliphatic heterocycles. The summed E-state index contributed by atoms with van der Waals surface area (Å²) in [6.07, 6.45) is 0. The first-order valence-corrected chi connectivity index (χ1v) is 9.21. The largest absolute Gasteiger partial charge is 0.481 e. The van der Waals surface area contributed by atoms with Gasteiger partial charge in [-0.05, 0) is 18.4 Å². The highest BCUT2D eigenvalue weighted by molar-refractivity contribution is 7.91. The van der Waals surface area contributed by atoms with E-state index in [0.717, 1.165) is 15.6 Å². The van der Waals surface area contributed by atoms with Crippen molar-refractivity contribution in [3.63, 3.8) is 0 Å². The number of hydrogen-bond donors (Lipinski definition) is 1. The highest BCUT2D eigenvalue weighted by Crippen LogP contribution is 2.45. The molecule has 0 unspecified atom stereocenters. The minimum absolute atomic E-state index is 0.0676. The van der Waals surface area contributed by atoms with Gasteiger partial charge in [-0.1, -0.05) is 6.07 Å². The third-order valence-electron chi connectivity index (χ3n) is 4.49. The quantitative estimate of drug-likeness (QED) is 0.848. The molecular formula is C13H16N2O5S2. The van der Waals surface area contributed by atoms with Crippen molar-refractivity contribution in [3.8, 4) is 0 Å². The summed E-state index contributed by atoms with van der Waals surface area (Å²) in [4.78, 5) is 25.6. The van der Waals surface area contributed by atoms with Gasteiger partial charge in [-0.3, -0.25) is 9.59 Å². The SMILES string of the molecule is CCN1C[C@]2(C(=O)O)CN(S(=O)(=O)c3cccs3)C[C@@H]2C1=O. The molecule has 1 aromatic rings. The van der Waals surface area contributed by atoms with Crippen molar-refractivity contribution < 1.29 is 23.1 Å². The Kier molecular flexibility index (Phi) is 3.54. The van der Waals surface area contributed by atoms with Crippen LogP contribution in [-0.4, -0.2) is 60.8 Å². The second-order valence-corrected chi connectivity index (χ2v) is 8.71. The lowest BCUT2D eigenvalue weighted by Gasteiger charge is -2.24. The predicted octanol–water partition coefficient (Wildman–Crippen LogP) is 0.302. The fourth-order valence-corrected chi connectivity index (χ4v) is 5.92. The molecule has 120 valence electrons. The minimum atomic E-state index is -3.74. The fraction of sp³-hybridized carbons (Fsp3) is 0.538. The Labute approximate surface area is 132 Å². The summed E-state index contributed by atoms with van der Waals surface area (Å²) >= 11 is 1.09. The van der Waals surface area contributed by atoms with Gasteiger partial charge in [-0.15, -0.1) is 11.3 Å². The van der Waals surface area contributed by atoms with Crippen molar-refractivity contribution in [1.82, 2.24) is 9.21 Å². The van der Waals surface area contributed by atoms with Crippen molar-refractivity contribution in [2.45, 2.75) is 11.1 Å². The predicted molar refractivity (Wildman–Crippen MR) is 78.9 cm³/mol. The van der Waals surface area contributed by atoms with Crippen LogP contribution in [-0.2, 0) is 19.6 Å². The van der Waals surface area contributed by atoms with Gasteiger partial charge in [0.25, 0.3) is 10.0 Å². The van der Waals surface area contributed by atoms with E-state index in [9.17, 15) is 23.1 Å². The van der Waals surface area contributed by atoms with Gasteiger partial charge in [0, 0.05) is 26.2 Å². The maximum atomic E-state index is 12.6. The first kappa shape index (κ1) is 15.4. The van der Waals surface area contributed by atoms with E-state index in [4.69, 9.17) is 0 Å². The lowest BCUT2D eigenvalue weighted by atomic mass is 9.81. The Morgan fingerprint density at radius 1 is 1.50 bits per heavy atom. The molecule has 0 saturated carbocycles. The molecule has 7 nitrogen and oxygen atoms in total. The molecule has 2 aliphatic rings. The van der Waals surface area contributed by atoms with Crippen LogP contribution in [0.4, 0.5) is 0 Å². The molecule has 0 spiro atoms. The number of carbonyl (C=O) groups excluding carboxylic acids is 1. The molecule has 0 aromatic carbocycles. The summed E-state index contributed by atoms with van der Waals surface area (Å²) in [5.41, 5.74) is -1.34. The Morgan fingerprint density at radius 2 is 2.23 bits per heavy atom. The van der Waals surface area contributed by atoms with Gasteiger partial charge in [0.2, 0.25) is 5.91 Å². The summed E-state index contributed by atoms with van der Waals surface area (Å²) < 4.78 is 26.5. The maximum absolute atomic E-state index is 12.6. The molecule has 22 heavy (non-hydrogen) atoms. The molecule has 1 N–H and O–H groups in total. The Bertz CT molecular complexity index is 715. The number of thiophene rings is 1. The number of aliphatic carboxylic acids is 1. The van der Waals surface area contributed by atoms with E-state index in [1.54, 1.807) is 18.4 Å². The number of carboxylic acid groups (broad SMARTS) is 1. The monoisotopic (exact) mass is 344 g/mol. The standard InChI is InChI=1S/C13H16N2O5S2/c1-2-14-7-13(12(17)18)8-15(6-9(13)11(14)16)22(19,20)10-4-3-5-21-10/h3-5,9H,2,6-8H2,1H3,(H,17,18)/t9-,13+/m1/s1. The topological polar surface area (TPSA) is 95.0 Å². The number of likely N-dealkylation sites (tertiary alicyclic amines) is 1. The van der Waals surface area contributed by atoms with Crippen LogP contribution in [0.25, 0.3) is 0 Å². The third-order valence-corrected chi connectivity index (χ3v) is 7.68. The number of carboxylic acids is 1. The van der Waals surface area contributed by atoms with Gasteiger partial charge in [0.1, 0.15) is 9.62 Å². The number of sulfonamides is 1. The van der Waals surface area contributed by atoms with E-state index in [2.05, 4.69) is 0 Å². The average molecular weight is 344 g/mol. The summed E-state index contributed by atoms with van der Waals surface area (Å²) in [6.45, 7) is 2.06. The highest BCUT2D eigenvalue weighted by atomic mass is 32.2. The zero-order chi connectivity index (χ0) is 16.1. The fourth-order valence-electron chi connectivity index (χ4n) is 3.25. The molecule has 2 fully saturated rings. The van der Waals surface area contributed by atoms with Gasteiger partial charge in [0.05, 0.1) is 5.92 Å². The molecule has 2 atom stereocenters. The number of carbonyl (C=O) groups is 2. The summed E-state index contributed by atoms with van der Waals surface area (Å²) in [7, 11) is -3.74. The highest BCUT2D eigenvalue weighted by Gasteiger charge is 2.63. The summed E-state index contributed by atoms with van der Waals surface area (Å²) in [5.74, 6) is -2.18. The second kappa shape index (κ2) is 5.04. The van der Waals surface area contributed by atoms with Gasteiger partial charge in [-0.2, -0.15) is 4.31 Å². The zero-order valence-electron chi connectivity index (χ0n) is 11.9. The Balaban J connectivity index is 1.96. The van der Waals surface area contributed by atoms with Gasteiger partial charge in [0.15, 0.2) is 0 Å². The zero-order valence-corrected chi connectivity index (χ0v) is 13.6. The second-order valence-electron chi connectivity index (χ2n) is 5.60. The van der Waals surface area contributed by atoms with E-state index < -0.39 is 27.3 Å². The average Bonchev–Trinajstić information content (AvgIpc) is 3.15. The molecule has 0 radical (unpaired) electrons. The van der Waals surface area contributed by atoms with Crippen LogP contribution in [0.1, 0.15) is 6.92 Å². The molecule has 0 aliphatic carbocycles. The van der Waals surface area contributed by atoms with Crippen LogP contribution >= 0.6 is 11.3 Å². The Hall–Kier alpha value is -1.45. The van der Waals surface area contributed by atoms with Crippen molar-refractivity contribution in [3.05, 3.63) is 17.5 Å². The maximum Gasteiger partial charge on any atom is 0.313 e. The number of hydrogen-bond acceptors (Lipinski definition) is 5. The van der Waals surface area contributed by atoms with Crippen LogP contribution in [0.5, 0.6) is 0 Å². The number of rotatable bonds is 4. The van der Waals surface area contributed by atoms with Gasteiger partial charge in [-0.25, -0.2) is 8.42 Å². The van der Waals surface area contributed by atoms with E-state index >= 15 is 0 Å². The summed E-state index contributed by atoms with van der Waals surface area (Å²) in [5, 5.41) is 11.3. The van der Waals surface area contributed by atoms with Gasteiger partial charge < -0.3 is 10.0 Å². The summed E-state index contributed by atoms with van der Waals surface area (Å²) in [6, 6.07) is 3.12. The van der Waals surface area contributed by atoms with Crippen molar-refractivity contribution >= 4 is 33.2 Å². The smallest absolute Gasteiger partial charge is 0.313 e. The van der Waals surface area contributed by atoms with E-state index in [-0.39, 0.29) is 29.8 Å². The van der Waals surface area contributed by atoms with E-state index in [1.165, 1.54) is 11.0 Å². The van der Waals surface area contributed by atoms with Crippen molar-refractivity contribution in [2.75, 3.05) is 26.2 Å². The molecule has 2 saturated heterocycles. The molecule has 3 heterocycles. The lowest BCUT2D eigenvalue weighted by Crippen LogP contribution is -2.41. The number of nitrogens with zero attached hydrogens (tertiary/aromatic N) is 2. The third kappa shape index (κ3) is 1.99. The molecule has 1 amide bonds. The number of fused-ring (bicyclic) bond motifs is 1. The van der Waals surface area contributed by atoms with Crippen LogP contribution in [0.15, 0.2) is 21.7 Å². The molecule has 9 heteroatoms. The van der Waals surface area contributed by atoms with E-state index in [1.807, 2.05) is 0 Å². The van der Waals surface area contributed by atoms with Crippen molar-refractivity contribution in [1.29, 1.82) is 0 Å². The van der Waals surface area contributed by atoms with Gasteiger partial charge >= 0.3 is 5.97 Å². The molecule has 1 aromatic heterocycles. The number of amides is 1. The van der Waals surface area contributed by atoms with Crippen LogP contribution in [0.2, 0.25) is 0 Å². The van der Waals surface area contributed by atoms with Crippen LogP contribution in [0.3, 0.4) is 0 Å². The molecule has 3 rings (SSSR count). The minimum Gasteiger partial charge on any atom is -0.481 e. The van der Waals surface area contributed by atoms with Crippen LogP contribution in [0, 0.1) is 11.3 Å². The van der Waals surface area contributed by atoms with Crippen molar-refractivity contribution in [2.24, 2.45) is 11.3 Å². The lowest BCUT2D eigenvalue weighted by molar-refractivity contribution is -0.149.